The van der Waals surface area contributed by atoms with Crippen molar-refractivity contribution in [3.05, 3.63) is 10.1 Å². The number of amides is 1. The summed E-state index contributed by atoms with van der Waals surface area (Å²) in [6.45, 7) is 5.38. The number of carbonyl (C=O) groups excluding carboxylic acids is 1. The molecule has 1 rings (SSSR count). The molecule has 5 heteroatoms. The Kier molecular flexibility index (Phi) is 1.82. The van der Waals surface area contributed by atoms with Gasteiger partial charge in [-0.1, -0.05) is 0 Å². The molecule has 1 saturated heterocycles. The van der Waals surface area contributed by atoms with Crippen molar-refractivity contribution < 1.29 is 9.72 Å². The quantitative estimate of drug-likeness (QED) is 0.331. The van der Waals surface area contributed by atoms with Gasteiger partial charge in [-0.05, 0) is 20.8 Å². The largest absolute Gasteiger partial charge is 0.298 e. The first-order chi connectivity index (χ1) is 5.34. The number of rotatable bonds is 1. The molecule has 0 aliphatic carbocycles. The van der Waals surface area contributed by atoms with Gasteiger partial charge in [-0.2, -0.15) is 0 Å². The molecule has 5 nitrogen and oxygen atoms in total. The van der Waals surface area contributed by atoms with E-state index in [2.05, 4.69) is 0 Å². The molecule has 68 valence electrons. The molecule has 1 heterocycles. The van der Waals surface area contributed by atoms with Crippen LogP contribution in [0.5, 0.6) is 0 Å². The Balaban J connectivity index is 2.75. The number of hydrogen-bond donors (Lipinski definition) is 0. The van der Waals surface area contributed by atoms with E-state index in [-0.39, 0.29) is 12.3 Å². The van der Waals surface area contributed by atoms with Gasteiger partial charge in [0, 0.05) is 10.5 Å². The lowest BCUT2D eigenvalue weighted by Gasteiger charge is -2.43. The predicted molar refractivity (Wildman–Crippen MR) is 42.0 cm³/mol. The van der Waals surface area contributed by atoms with Crippen molar-refractivity contribution in [3.8, 4) is 0 Å². The Hall–Kier alpha value is -1.13. The van der Waals surface area contributed by atoms with Gasteiger partial charge in [0.1, 0.15) is 6.42 Å². The van der Waals surface area contributed by atoms with Crippen molar-refractivity contribution >= 4 is 5.91 Å². The monoisotopic (exact) mass is 172 g/mol. The second-order valence-corrected chi connectivity index (χ2v) is 3.90. The Morgan fingerprint density at radius 2 is 2.08 bits per heavy atom. The predicted octanol–water partition coefficient (Wildman–Crippen LogP) is 0.620. The van der Waals surface area contributed by atoms with Gasteiger partial charge in [0.05, 0.1) is 0 Å². The van der Waals surface area contributed by atoms with Crippen LogP contribution in [0.4, 0.5) is 0 Å². The molecule has 0 saturated carbocycles. The van der Waals surface area contributed by atoms with E-state index in [1.54, 1.807) is 20.8 Å². The van der Waals surface area contributed by atoms with E-state index in [9.17, 15) is 14.9 Å². The van der Waals surface area contributed by atoms with Crippen LogP contribution in [0.1, 0.15) is 27.2 Å². The van der Waals surface area contributed by atoms with Gasteiger partial charge < -0.3 is 0 Å². The molecule has 1 amide bonds. The Labute approximate surface area is 70.5 Å². The fraction of sp³-hybridized carbons (Fsp3) is 0.857. The average molecular weight is 172 g/mol. The van der Waals surface area contributed by atoms with Gasteiger partial charge in [-0.25, -0.2) is 0 Å². The number of hydrogen-bond acceptors (Lipinski definition) is 3. The third-order valence-electron chi connectivity index (χ3n) is 1.89. The molecule has 1 atom stereocenters. The number of carbonyl (C=O) groups is 1. The Bertz CT molecular complexity index is 231. The zero-order valence-electron chi connectivity index (χ0n) is 7.40. The highest BCUT2D eigenvalue weighted by Crippen LogP contribution is 2.28. The maximum absolute atomic E-state index is 11.0. The third kappa shape index (κ3) is 1.26. The Morgan fingerprint density at radius 1 is 1.58 bits per heavy atom. The van der Waals surface area contributed by atoms with Gasteiger partial charge in [-0.3, -0.25) is 19.8 Å². The van der Waals surface area contributed by atoms with Gasteiger partial charge in [0.25, 0.3) is 6.17 Å². The molecule has 1 fully saturated rings. The van der Waals surface area contributed by atoms with E-state index >= 15 is 0 Å². The van der Waals surface area contributed by atoms with Crippen LogP contribution in [0, 0.1) is 10.1 Å². The van der Waals surface area contributed by atoms with E-state index < -0.39 is 16.6 Å². The molecule has 0 N–H and O–H groups in total. The van der Waals surface area contributed by atoms with Crippen LogP contribution >= 0.6 is 0 Å². The summed E-state index contributed by atoms with van der Waals surface area (Å²) in [5.41, 5.74) is -0.437. The summed E-state index contributed by atoms with van der Waals surface area (Å²) in [5.74, 6) is -0.135. The standard InChI is InChI=1S/C7H12N2O3/c1-7(2,3)8-5(9(11)12)4-6(8)10/h5H,4H2,1-3H3. The van der Waals surface area contributed by atoms with Crippen molar-refractivity contribution in [1.29, 1.82) is 0 Å². The first kappa shape index (κ1) is 8.96. The molecule has 0 aromatic heterocycles. The van der Waals surface area contributed by atoms with E-state index in [4.69, 9.17) is 0 Å². The summed E-state index contributed by atoms with van der Waals surface area (Å²) in [4.78, 5) is 22.3. The van der Waals surface area contributed by atoms with Crippen molar-refractivity contribution in [2.24, 2.45) is 0 Å². The maximum Gasteiger partial charge on any atom is 0.298 e. The summed E-state index contributed by atoms with van der Waals surface area (Å²) >= 11 is 0. The minimum Gasteiger partial charge on any atom is -0.274 e. The number of nitrogens with zero attached hydrogens (tertiary/aromatic N) is 2. The maximum atomic E-state index is 11.0. The average Bonchev–Trinajstić information content (AvgIpc) is 1.77. The topological polar surface area (TPSA) is 63.5 Å². The summed E-state index contributed by atoms with van der Waals surface area (Å²) in [6, 6.07) is 0. The van der Waals surface area contributed by atoms with Crippen LogP contribution in [0.15, 0.2) is 0 Å². The van der Waals surface area contributed by atoms with Crippen LogP contribution in [-0.4, -0.2) is 27.4 Å². The van der Waals surface area contributed by atoms with Crippen molar-refractivity contribution in [2.75, 3.05) is 0 Å². The fourth-order valence-corrected chi connectivity index (χ4v) is 1.39. The molecule has 0 bridgehead atoms. The molecule has 12 heavy (non-hydrogen) atoms. The Morgan fingerprint density at radius 3 is 2.25 bits per heavy atom. The summed E-state index contributed by atoms with van der Waals surface area (Å²) in [7, 11) is 0. The van der Waals surface area contributed by atoms with Crippen LogP contribution in [0.2, 0.25) is 0 Å². The number of likely N-dealkylation sites (tertiary alicyclic amines) is 1. The van der Waals surface area contributed by atoms with E-state index in [1.807, 2.05) is 0 Å². The van der Waals surface area contributed by atoms with E-state index in [0.29, 0.717) is 0 Å². The first-order valence-electron chi connectivity index (χ1n) is 3.79. The van der Waals surface area contributed by atoms with Gasteiger partial charge in [0.15, 0.2) is 0 Å². The summed E-state index contributed by atoms with van der Waals surface area (Å²) in [5, 5.41) is 10.4. The molecule has 0 aromatic carbocycles. The fourth-order valence-electron chi connectivity index (χ4n) is 1.39. The zero-order chi connectivity index (χ0) is 9.52. The van der Waals surface area contributed by atoms with Gasteiger partial charge >= 0.3 is 0 Å². The highest BCUT2D eigenvalue weighted by Gasteiger charge is 2.50. The first-order valence-corrected chi connectivity index (χ1v) is 3.79. The van der Waals surface area contributed by atoms with Crippen molar-refractivity contribution in [3.63, 3.8) is 0 Å². The van der Waals surface area contributed by atoms with Gasteiger partial charge in [-0.15, -0.1) is 0 Å². The lowest BCUT2D eigenvalue weighted by molar-refractivity contribution is -0.560. The van der Waals surface area contributed by atoms with Crippen LogP contribution in [0.3, 0.4) is 0 Å². The molecule has 0 spiro atoms. The van der Waals surface area contributed by atoms with E-state index in [1.165, 1.54) is 4.90 Å². The number of nitro groups is 1. The second kappa shape index (κ2) is 2.43. The lowest BCUT2D eigenvalue weighted by atomic mass is 9.97. The minimum atomic E-state index is -0.808. The highest BCUT2D eigenvalue weighted by atomic mass is 16.6. The SMILES string of the molecule is CC(C)(C)N1C(=O)CC1[N+](=O)[O-]. The van der Waals surface area contributed by atoms with Crippen molar-refractivity contribution in [1.82, 2.24) is 4.90 Å². The van der Waals surface area contributed by atoms with Crippen LogP contribution < -0.4 is 0 Å². The normalized spacial score (nSPS) is 23.8. The van der Waals surface area contributed by atoms with Crippen LogP contribution in [-0.2, 0) is 4.79 Å². The molecule has 1 aliphatic heterocycles. The molecule has 1 unspecified atom stereocenters. The molecular formula is C7H12N2O3. The molecule has 0 aromatic rings. The minimum absolute atomic E-state index is 0.0459. The molecule has 0 radical (unpaired) electrons. The van der Waals surface area contributed by atoms with E-state index in [0.717, 1.165) is 0 Å². The summed E-state index contributed by atoms with van der Waals surface area (Å²) < 4.78 is 0. The molecule has 1 aliphatic rings. The van der Waals surface area contributed by atoms with Gasteiger partial charge in [0.2, 0.25) is 5.91 Å². The van der Waals surface area contributed by atoms with Crippen LogP contribution in [0.25, 0.3) is 0 Å². The lowest BCUT2D eigenvalue weighted by Crippen LogP contribution is -2.63. The zero-order valence-corrected chi connectivity index (χ0v) is 7.40. The smallest absolute Gasteiger partial charge is 0.274 e. The third-order valence-corrected chi connectivity index (χ3v) is 1.89. The highest BCUT2D eigenvalue weighted by molar-refractivity contribution is 5.83. The number of β-lactam (4-membered cyclic amide) rings is 1. The van der Waals surface area contributed by atoms with Crippen molar-refractivity contribution in [2.45, 2.75) is 38.9 Å². The summed E-state index contributed by atoms with van der Waals surface area (Å²) in [6.07, 6.45) is -0.762. The second-order valence-electron chi connectivity index (χ2n) is 3.90. The molecular weight excluding hydrogens is 160 g/mol.